The fraction of sp³-hybridized carbons (Fsp3) is 0.318. The maximum Gasteiger partial charge on any atom is 0.417 e. The van der Waals surface area contributed by atoms with Gasteiger partial charge >= 0.3 is 6.18 Å². The van der Waals surface area contributed by atoms with Gasteiger partial charge in [0.2, 0.25) is 0 Å². The minimum atomic E-state index is -4.61. The number of halogens is 4. The zero-order valence-electron chi connectivity index (χ0n) is 17.6. The van der Waals surface area contributed by atoms with E-state index in [4.69, 9.17) is 4.74 Å². The summed E-state index contributed by atoms with van der Waals surface area (Å²) in [5.74, 6) is -0.955. The second-order valence-corrected chi connectivity index (χ2v) is 7.18. The molecule has 0 saturated carbocycles. The largest absolute Gasteiger partial charge is 0.471 e. The fourth-order valence-electron chi connectivity index (χ4n) is 3.12. The van der Waals surface area contributed by atoms with Gasteiger partial charge in [-0.2, -0.15) is 13.2 Å². The van der Waals surface area contributed by atoms with Crippen molar-refractivity contribution in [3.63, 3.8) is 0 Å². The van der Waals surface area contributed by atoms with E-state index in [2.05, 4.69) is 25.3 Å². The highest BCUT2D eigenvalue weighted by Gasteiger charge is 2.32. The summed E-state index contributed by atoms with van der Waals surface area (Å²) >= 11 is 0. The van der Waals surface area contributed by atoms with E-state index in [0.717, 1.165) is 19.4 Å². The van der Waals surface area contributed by atoms with Crippen LogP contribution in [0.1, 0.15) is 35.8 Å². The molecule has 174 valence electrons. The van der Waals surface area contributed by atoms with Crippen molar-refractivity contribution in [2.45, 2.75) is 38.1 Å². The molecule has 0 aliphatic carbocycles. The molecule has 0 radical (unpaired) electrons. The average Bonchev–Trinajstić information content (AvgIpc) is 2.82. The Bertz CT molecular complexity index is 1070. The quantitative estimate of drug-likeness (QED) is 0.460. The van der Waals surface area contributed by atoms with Crippen LogP contribution in [0, 0.1) is 5.82 Å². The molecule has 0 unspecified atom stereocenters. The number of aldehydes is 1. The molecule has 3 aromatic rings. The van der Waals surface area contributed by atoms with Crippen molar-refractivity contribution in [1.82, 2.24) is 25.3 Å². The number of alkyl halides is 3. The molecule has 4 rings (SSSR count). The number of piperidine rings is 1. The highest BCUT2D eigenvalue weighted by molar-refractivity contribution is 5.82. The SMILES string of the molecule is C[C@@H]1NCCC[C@H]1Oc1ncc(C(F)(F)F)cc1F.O=Cc1ncccc1-c1ncccn1. The first-order chi connectivity index (χ1) is 15.8. The monoisotopic (exact) mass is 463 g/mol. The summed E-state index contributed by atoms with van der Waals surface area (Å²) < 4.78 is 56.0. The molecule has 33 heavy (non-hydrogen) atoms. The summed E-state index contributed by atoms with van der Waals surface area (Å²) in [4.78, 5) is 26.1. The fourth-order valence-corrected chi connectivity index (χ4v) is 3.12. The molecule has 0 bridgehead atoms. The van der Waals surface area contributed by atoms with E-state index in [-0.39, 0.29) is 18.0 Å². The zero-order chi connectivity index (χ0) is 23.8. The predicted molar refractivity (Wildman–Crippen MR) is 111 cm³/mol. The van der Waals surface area contributed by atoms with Crippen molar-refractivity contribution < 1.29 is 27.1 Å². The van der Waals surface area contributed by atoms with Gasteiger partial charge in [0.1, 0.15) is 11.8 Å². The lowest BCUT2D eigenvalue weighted by atomic mass is 10.0. The van der Waals surface area contributed by atoms with Gasteiger partial charge in [0, 0.05) is 36.4 Å². The topological polar surface area (TPSA) is 89.9 Å². The van der Waals surface area contributed by atoms with Crippen LogP contribution in [0.3, 0.4) is 0 Å². The van der Waals surface area contributed by atoms with Gasteiger partial charge in [0.05, 0.1) is 5.56 Å². The van der Waals surface area contributed by atoms with Crippen molar-refractivity contribution in [3.8, 4) is 17.3 Å². The number of carbonyl (C=O) groups excluding carboxylic acids is 1. The van der Waals surface area contributed by atoms with Crippen LogP contribution in [-0.2, 0) is 6.18 Å². The van der Waals surface area contributed by atoms with Gasteiger partial charge in [-0.1, -0.05) is 0 Å². The van der Waals surface area contributed by atoms with E-state index in [0.29, 0.717) is 35.6 Å². The van der Waals surface area contributed by atoms with Crippen LogP contribution in [0.4, 0.5) is 17.6 Å². The number of nitrogens with one attached hydrogen (secondary N) is 1. The third kappa shape index (κ3) is 6.51. The molecule has 0 aromatic carbocycles. The summed E-state index contributed by atoms with van der Waals surface area (Å²) in [5.41, 5.74) is -0.103. The predicted octanol–water partition coefficient (Wildman–Crippen LogP) is 4.11. The molecule has 0 spiro atoms. The molecule has 7 nitrogen and oxygen atoms in total. The molecule has 1 aliphatic rings. The number of pyridine rings is 2. The molecule has 1 aliphatic heterocycles. The number of ether oxygens (including phenoxy) is 1. The van der Waals surface area contributed by atoms with Crippen LogP contribution in [0.2, 0.25) is 0 Å². The van der Waals surface area contributed by atoms with Crippen LogP contribution >= 0.6 is 0 Å². The highest BCUT2D eigenvalue weighted by Crippen LogP contribution is 2.31. The zero-order valence-corrected chi connectivity index (χ0v) is 17.6. The molecule has 1 N–H and O–H groups in total. The number of rotatable bonds is 4. The van der Waals surface area contributed by atoms with Crippen molar-refractivity contribution >= 4 is 6.29 Å². The van der Waals surface area contributed by atoms with Crippen molar-refractivity contribution in [2.24, 2.45) is 0 Å². The molecule has 0 amide bonds. The van der Waals surface area contributed by atoms with Gasteiger partial charge in [0.15, 0.2) is 17.9 Å². The highest BCUT2D eigenvalue weighted by atomic mass is 19.4. The van der Waals surface area contributed by atoms with Gasteiger partial charge in [-0.25, -0.2) is 19.3 Å². The Morgan fingerprint density at radius 1 is 1.12 bits per heavy atom. The summed E-state index contributed by atoms with van der Waals surface area (Å²) in [5, 5.41) is 3.15. The van der Waals surface area contributed by atoms with Crippen LogP contribution in [0.15, 0.2) is 49.1 Å². The first-order valence-electron chi connectivity index (χ1n) is 10.1. The Hall–Kier alpha value is -3.47. The van der Waals surface area contributed by atoms with Crippen molar-refractivity contribution in [2.75, 3.05) is 6.54 Å². The number of hydrogen-bond donors (Lipinski definition) is 1. The maximum atomic E-state index is 13.6. The smallest absolute Gasteiger partial charge is 0.417 e. The van der Waals surface area contributed by atoms with E-state index in [1.165, 1.54) is 0 Å². The number of hydrogen-bond acceptors (Lipinski definition) is 7. The van der Waals surface area contributed by atoms with E-state index in [9.17, 15) is 22.4 Å². The molecule has 3 aromatic heterocycles. The Morgan fingerprint density at radius 3 is 2.48 bits per heavy atom. The number of aromatic nitrogens is 4. The Kier molecular flexibility index (Phi) is 7.99. The first kappa shape index (κ1) is 24.2. The standard InChI is InChI=1S/C12H14F4N2O.C10H7N3O/c1-7-10(3-2-4-17-7)19-11-9(13)5-8(6-18-11)12(14,15)16;14-7-9-8(3-1-4-11-9)10-12-5-2-6-13-10/h5-7,10,17H,2-4H2,1H3;1-7H/t7-,10+;/m0./s1. The lowest BCUT2D eigenvalue weighted by molar-refractivity contribution is -0.138. The van der Waals surface area contributed by atoms with Gasteiger partial charge < -0.3 is 10.1 Å². The summed E-state index contributed by atoms with van der Waals surface area (Å²) in [6.07, 6.45) is 2.81. The normalized spacial score (nSPS) is 18.1. The van der Waals surface area contributed by atoms with Crippen molar-refractivity contribution in [3.05, 3.63) is 66.1 Å². The van der Waals surface area contributed by atoms with Gasteiger partial charge in [-0.3, -0.25) is 9.78 Å². The van der Waals surface area contributed by atoms with Gasteiger partial charge in [-0.15, -0.1) is 0 Å². The van der Waals surface area contributed by atoms with Crippen LogP contribution < -0.4 is 10.1 Å². The first-order valence-corrected chi connectivity index (χ1v) is 10.1. The lowest BCUT2D eigenvalue weighted by Crippen LogP contribution is -2.45. The van der Waals surface area contributed by atoms with E-state index in [1.807, 2.05) is 6.92 Å². The molecule has 1 saturated heterocycles. The summed E-state index contributed by atoms with van der Waals surface area (Å²) in [7, 11) is 0. The Balaban J connectivity index is 0.000000194. The molecule has 1 fully saturated rings. The minimum Gasteiger partial charge on any atom is -0.471 e. The third-order valence-electron chi connectivity index (χ3n) is 4.84. The Morgan fingerprint density at radius 2 is 1.85 bits per heavy atom. The lowest BCUT2D eigenvalue weighted by Gasteiger charge is -2.30. The van der Waals surface area contributed by atoms with Crippen LogP contribution in [0.5, 0.6) is 5.88 Å². The second-order valence-electron chi connectivity index (χ2n) is 7.18. The van der Waals surface area contributed by atoms with E-state index in [1.54, 1.807) is 36.8 Å². The van der Waals surface area contributed by atoms with Crippen molar-refractivity contribution in [1.29, 1.82) is 0 Å². The molecular weight excluding hydrogens is 442 g/mol. The number of nitrogens with zero attached hydrogens (tertiary/aromatic N) is 4. The minimum absolute atomic E-state index is 0.0113. The summed E-state index contributed by atoms with van der Waals surface area (Å²) in [6, 6.07) is 5.66. The Labute approximate surface area is 187 Å². The van der Waals surface area contributed by atoms with E-state index < -0.39 is 17.6 Å². The molecule has 4 heterocycles. The second kappa shape index (κ2) is 10.9. The molecule has 11 heteroatoms. The summed E-state index contributed by atoms with van der Waals surface area (Å²) in [6.45, 7) is 2.73. The maximum absolute atomic E-state index is 13.6. The van der Waals surface area contributed by atoms with E-state index >= 15 is 0 Å². The molecular formula is C22H21F4N5O2. The van der Waals surface area contributed by atoms with Crippen LogP contribution in [-0.4, -0.2) is 44.9 Å². The van der Waals surface area contributed by atoms with Gasteiger partial charge in [0.25, 0.3) is 5.88 Å². The average molecular weight is 463 g/mol. The third-order valence-corrected chi connectivity index (χ3v) is 4.84. The molecule has 2 atom stereocenters. The van der Waals surface area contributed by atoms with Gasteiger partial charge in [-0.05, 0) is 50.6 Å². The number of carbonyl (C=O) groups is 1. The van der Waals surface area contributed by atoms with Crippen LogP contribution in [0.25, 0.3) is 11.4 Å².